The first-order chi connectivity index (χ1) is 11.7. The Bertz CT molecular complexity index is 701. The van der Waals surface area contributed by atoms with Gasteiger partial charge in [0.05, 0.1) is 25.5 Å². The van der Waals surface area contributed by atoms with Crippen LogP contribution >= 0.6 is 11.3 Å². The molecule has 3 N–H and O–H groups in total. The maximum atomic E-state index is 13.5. The monoisotopic (exact) mass is 350 g/mol. The molecule has 2 heterocycles. The molecule has 1 fully saturated rings. The summed E-state index contributed by atoms with van der Waals surface area (Å²) in [6, 6.07) is 4.52. The van der Waals surface area contributed by atoms with Crippen LogP contribution < -0.4 is 11.2 Å². The van der Waals surface area contributed by atoms with Gasteiger partial charge < -0.3 is 15.2 Å². The van der Waals surface area contributed by atoms with Crippen molar-refractivity contribution in [3.05, 3.63) is 40.5 Å². The Hall–Kier alpha value is -2.03. The number of nitrogens with two attached hydrogens (primary N) is 1. The second-order valence-electron chi connectivity index (χ2n) is 5.44. The number of nitrogens with zero attached hydrogens (tertiary/aromatic N) is 2. The van der Waals surface area contributed by atoms with Crippen molar-refractivity contribution >= 4 is 28.5 Å². The van der Waals surface area contributed by atoms with Gasteiger partial charge in [0.15, 0.2) is 0 Å². The van der Waals surface area contributed by atoms with Gasteiger partial charge in [0, 0.05) is 17.6 Å². The zero-order valence-corrected chi connectivity index (χ0v) is 13.9. The minimum Gasteiger partial charge on any atom is -0.383 e. The molecule has 0 amide bonds. The Morgan fingerprint density at radius 3 is 3.21 bits per heavy atom. The molecule has 2 aromatic rings. The van der Waals surface area contributed by atoms with Crippen molar-refractivity contribution in [3.8, 4) is 0 Å². The lowest BCUT2D eigenvalue weighted by Gasteiger charge is -2.11. The van der Waals surface area contributed by atoms with Crippen molar-refractivity contribution in [3.63, 3.8) is 0 Å². The summed E-state index contributed by atoms with van der Waals surface area (Å²) in [6.45, 7) is 1.62. The second kappa shape index (κ2) is 8.18. The van der Waals surface area contributed by atoms with E-state index >= 15 is 0 Å². The number of nitrogen functional groups attached to an aromatic ring is 1. The van der Waals surface area contributed by atoms with Gasteiger partial charge in [-0.1, -0.05) is 6.07 Å². The van der Waals surface area contributed by atoms with Crippen molar-refractivity contribution in [2.24, 2.45) is 5.10 Å². The van der Waals surface area contributed by atoms with E-state index < -0.39 is 0 Å². The van der Waals surface area contributed by atoms with Gasteiger partial charge in [0.1, 0.15) is 11.6 Å². The van der Waals surface area contributed by atoms with Gasteiger partial charge in [-0.25, -0.2) is 9.37 Å². The van der Waals surface area contributed by atoms with Crippen molar-refractivity contribution in [2.45, 2.75) is 25.6 Å². The van der Waals surface area contributed by atoms with Gasteiger partial charge in [-0.3, -0.25) is 5.43 Å². The predicted molar refractivity (Wildman–Crippen MR) is 92.8 cm³/mol. The number of ether oxygens (including phenoxy) is 2. The van der Waals surface area contributed by atoms with E-state index in [0.717, 1.165) is 30.6 Å². The number of hydrogen-bond acceptors (Lipinski definition) is 7. The van der Waals surface area contributed by atoms with Crippen LogP contribution in [0.4, 0.5) is 15.3 Å². The fourth-order valence-corrected chi connectivity index (χ4v) is 2.94. The van der Waals surface area contributed by atoms with Gasteiger partial charge in [-0.2, -0.15) is 5.10 Å². The number of nitrogens with one attached hydrogen (secondary N) is 1. The molecule has 0 radical (unpaired) electrons. The Morgan fingerprint density at radius 2 is 2.46 bits per heavy atom. The van der Waals surface area contributed by atoms with Gasteiger partial charge in [0.25, 0.3) is 0 Å². The quantitative estimate of drug-likeness (QED) is 0.592. The molecule has 128 valence electrons. The highest BCUT2D eigenvalue weighted by atomic mass is 32.1. The normalized spacial score (nSPS) is 17.6. The topological polar surface area (TPSA) is 81.8 Å². The molecule has 3 rings (SSSR count). The first kappa shape index (κ1) is 16.8. The molecule has 1 aromatic carbocycles. The van der Waals surface area contributed by atoms with Gasteiger partial charge in [-0.15, -0.1) is 11.3 Å². The van der Waals surface area contributed by atoms with E-state index in [0.29, 0.717) is 24.2 Å². The van der Waals surface area contributed by atoms with Crippen LogP contribution in [0.15, 0.2) is 28.7 Å². The van der Waals surface area contributed by atoms with E-state index in [1.54, 1.807) is 17.7 Å². The molecule has 6 nitrogen and oxygen atoms in total. The fourth-order valence-electron chi connectivity index (χ4n) is 2.40. The number of hydrazone groups is 1. The minimum absolute atomic E-state index is 0.146. The van der Waals surface area contributed by atoms with E-state index in [9.17, 15) is 4.39 Å². The molecule has 0 bridgehead atoms. The molecule has 1 atom stereocenters. The number of aromatic nitrogens is 1. The number of rotatable bonds is 7. The smallest absolute Gasteiger partial charge is 0.205 e. The summed E-state index contributed by atoms with van der Waals surface area (Å²) in [5.41, 5.74) is 9.86. The average Bonchev–Trinajstić information content (AvgIpc) is 3.21. The van der Waals surface area contributed by atoms with Gasteiger partial charge in [0.2, 0.25) is 5.13 Å². The average molecular weight is 350 g/mol. The molecule has 1 saturated heterocycles. The molecule has 24 heavy (non-hydrogen) atoms. The molecular formula is C16H19FN4O2S. The Kier molecular flexibility index (Phi) is 5.73. The summed E-state index contributed by atoms with van der Waals surface area (Å²) in [7, 11) is 0. The Balaban J connectivity index is 1.59. The van der Waals surface area contributed by atoms with E-state index in [1.807, 2.05) is 0 Å². The van der Waals surface area contributed by atoms with Crippen LogP contribution in [-0.4, -0.2) is 30.5 Å². The molecule has 0 aliphatic carbocycles. The summed E-state index contributed by atoms with van der Waals surface area (Å²) in [5.74, 6) is 0.145. The third-order valence-electron chi connectivity index (χ3n) is 3.58. The van der Waals surface area contributed by atoms with Crippen LogP contribution in [0.2, 0.25) is 0 Å². The van der Waals surface area contributed by atoms with E-state index in [4.69, 9.17) is 15.2 Å². The highest BCUT2D eigenvalue weighted by Gasteiger charge is 2.15. The number of halogens is 1. The lowest BCUT2D eigenvalue weighted by molar-refractivity contribution is 0.0105. The lowest BCUT2D eigenvalue weighted by Crippen LogP contribution is -2.14. The first-order valence-electron chi connectivity index (χ1n) is 7.68. The summed E-state index contributed by atoms with van der Waals surface area (Å²) in [6.07, 6.45) is 3.84. The van der Waals surface area contributed by atoms with E-state index in [1.165, 1.54) is 23.5 Å². The lowest BCUT2D eigenvalue weighted by atomic mass is 10.1. The molecule has 8 heteroatoms. The zero-order chi connectivity index (χ0) is 16.8. The second-order valence-corrected chi connectivity index (χ2v) is 6.30. The maximum Gasteiger partial charge on any atom is 0.205 e. The fraction of sp³-hybridized carbons (Fsp3) is 0.375. The summed E-state index contributed by atoms with van der Waals surface area (Å²) in [5, 5.41) is 6.44. The molecule has 0 saturated carbocycles. The number of benzene rings is 1. The third kappa shape index (κ3) is 4.73. The number of anilines is 2. The summed E-state index contributed by atoms with van der Waals surface area (Å²) >= 11 is 1.36. The van der Waals surface area contributed by atoms with Crippen molar-refractivity contribution in [1.82, 2.24) is 4.98 Å². The van der Waals surface area contributed by atoms with E-state index in [-0.39, 0.29) is 11.9 Å². The van der Waals surface area contributed by atoms with Crippen LogP contribution in [0.25, 0.3) is 0 Å². The zero-order valence-electron chi connectivity index (χ0n) is 13.1. The van der Waals surface area contributed by atoms with Crippen LogP contribution in [-0.2, 0) is 16.1 Å². The summed E-state index contributed by atoms with van der Waals surface area (Å²) < 4.78 is 24.7. The van der Waals surface area contributed by atoms with Crippen LogP contribution in [0.5, 0.6) is 0 Å². The molecule has 1 unspecified atom stereocenters. The van der Waals surface area contributed by atoms with Gasteiger partial charge >= 0.3 is 0 Å². The largest absolute Gasteiger partial charge is 0.383 e. The highest BCUT2D eigenvalue weighted by molar-refractivity contribution is 7.14. The SMILES string of the molecule is Nc1csc(NN=Cc2ccc(F)cc2COCC2CCCO2)n1. The van der Waals surface area contributed by atoms with E-state index in [2.05, 4.69) is 15.5 Å². The van der Waals surface area contributed by atoms with Crippen molar-refractivity contribution in [1.29, 1.82) is 0 Å². The highest BCUT2D eigenvalue weighted by Crippen LogP contribution is 2.17. The van der Waals surface area contributed by atoms with Crippen LogP contribution in [0, 0.1) is 5.82 Å². The Labute approximate surface area is 143 Å². The maximum absolute atomic E-state index is 13.5. The van der Waals surface area contributed by atoms with Crippen LogP contribution in [0.3, 0.4) is 0 Å². The van der Waals surface area contributed by atoms with Crippen molar-refractivity contribution in [2.75, 3.05) is 24.4 Å². The van der Waals surface area contributed by atoms with Gasteiger partial charge in [-0.05, 0) is 30.5 Å². The van der Waals surface area contributed by atoms with Crippen molar-refractivity contribution < 1.29 is 13.9 Å². The first-order valence-corrected chi connectivity index (χ1v) is 8.56. The minimum atomic E-state index is -0.302. The standard InChI is InChI=1S/C16H19FN4O2S/c17-13-4-3-11(7-19-21-16-20-15(18)10-24-16)12(6-13)8-22-9-14-2-1-5-23-14/h3-4,6-7,10,14H,1-2,5,8-9,18H2,(H,20,21). The van der Waals surface area contributed by atoms with Crippen LogP contribution in [0.1, 0.15) is 24.0 Å². The number of hydrogen-bond donors (Lipinski definition) is 2. The molecule has 0 spiro atoms. The molecule has 1 aliphatic heterocycles. The molecular weight excluding hydrogens is 331 g/mol. The molecule has 1 aliphatic rings. The predicted octanol–water partition coefficient (Wildman–Crippen LogP) is 3.01. The molecule has 1 aromatic heterocycles. The third-order valence-corrected chi connectivity index (χ3v) is 4.34. The Morgan fingerprint density at radius 1 is 1.54 bits per heavy atom. The summed E-state index contributed by atoms with van der Waals surface area (Å²) in [4.78, 5) is 4.04. The number of thiazole rings is 1.